The van der Waals surface area contributed by atoms with Crippen molar-refractivity contribution in [2.24, 2.45) is 0 Å². The van der Waals surface area contributed by atoms with Crippen molar-refractivity contribution in [1.29, 1.82) is 0 Å². The number of rotatable bonds is 13. The number of carbonyl (C=O) groups is 3. The quantitative estimate of drug-likeness (QED) is 0.179. The van der Waals surface area contributed by atoms with Crippen molar-refractivity contribution in [2.75, 3.05) is 19.8 Å². The van der Waals surface area contributed by atoms with Crippen LogP contribution in [0.4, 0.5) is 9.18 Å². The Bertz CT molecular complexity index is 1540. The summed E-state index contributed by atoms with van der Waals surface area (Å²) in [6.45, 7) is 6.56. The number of carbonyl (C=O) groups excluding carboxylic acids is 3. The normalized spacial score (nSPS) is 14.1. The number of amides is 4. The predicted molar refractivity (Wildman–Crippen MR) is 159 cm³/mol. The van der Waals surface area contributed by atoms with Crippen molar-refractivity contribution in [3.8, 4) is 23.0 Å². The molecule has 0 radical (unpaired) electrons. The number of imide groups is 2. The lowest BCUT2D eigenvalue weighted by Crippen LogP contribution is -2.53. The highest BCUT2D eigenvalue weighted by atomic mass is 35.5. The van der Waals surface area contributed by atoms with Crippen molar-refractivity contribution in [1.82, 2.24) is 10.2 Å². The minimum Gasteiger partial charge on any atom is -0.490 e. The molecule has 3 aromatic rings. The van der Waals surface area contributed by atoms with E-state index in [-0.39, 0.29) is 41.9 Å². The molecule has 9 nitrogen and oxygen atoms in total. The highest BCUT2D eigenvalue weighted by Crippen LogP contribution is 2.38. The fourth-order valence-corrected chi connectivity index (χ4v) is 4.55. The van der Waals surface area contributed by atoms with Gasteiger partial charge in [-0.2, -0.15) is 0 Å². The van der Waals surface area contributed by atoms with Gasteiger partial charge in [-0.25, -0.2) is 9.18 Å². The van der Waals surface area contributed by atoms with Crippen LogP contribution < -0.4 is 24.3 Å². The number of hydrogen-bond donors (Lipinski definition) is 1. The summed E-state index contributed by atoms with van der Waals surface area (Å²) in [6.07, 6.45) is 2.14. The second-order valence-corrected chi connectivity index (χ2v) is 9.82. The Hall–Kier alpha value is -4.57. The average Bonchev–Trinajstić information content (AvgIpc) is 2.98. The van der Waals surface area contributed by atoms with E-state index in [9.17, 15) is 18.8 Å². The molecule has 3 aromatic carbocycles. The van der Waals surface area contributed by atoms with Crippen LogP contribution in [0.3, 0.4) is 0 Å². The Kier molecular flexibility index (Phi) is 10.6. The van der Waals surface area contributed by atoms with E-state index in [1.807, 2.05) is 13.8 Å². The Morgan fingerprint density at radius 3 is 2.35 bits per heavy atom. The maximum atomic E-state index is 14.1. The lowest BCUT2D eigenvalue weighted by atomic mass is 10.1. The van der Waals surface area contributed by atoms with E-state index in [1.54, 1.807) is 49.4 Å². The van der Waals surface area contributed by atoms with Gasteiger partial charge in [0.25, 0.3) is 11.8 Å². The van der Waals surface area contributed by atoms with Gasteiger partial charge in [-0.3, -0.25) is 19.8 Å². The second kappa shape index (κ2) is 14.6. The van der Waals surface area contributed by atoms with Crippen LogP contribution >= 0.6 is 11.6 Å². The SMILES string of the molecule is CCCOc1ccc(CN2C(=O)NC(=O)/C(=C\c3cc(Cl)c(OCc4ccccc4F)c(OCC)c3)C2=O)cc1OCC. The van der Waals surface area contributed by atoms with Crippen LogP contribution in [0.1, 0.15) is 43.9 Å². The topological polar surface area (TPSA) is 103 Å². The third kappa shape index (κ3) is 7.64. The summed E-state index contributed by atoms with van der Waals surface area (Å²) in [4.78, 5) is 39.8. The van der Waals surface area contributed by atoms with E-state index in [0.29, 0.717) is 41.4 Å². The highest BCUT2D eigenvalue weighted by Gasteiger charge is 2.36. The molecule has 0 spiro atoms. The molecule has 1 saturated heterocycles. The Morgan fingerprint density at radius 1 is 0.884 bits per heavy atom. The number of barbiturate groups is 1. The van der Waals surface area contributed by atoms with Crippen molar-refractivity contribution < 1.29 is 37.7 Å². The van der Waals surface area contributed by atoms with Crippen LogP contribution in [0.5, 0.6) is 23.0 Å². The zero-order chi connectivity index (χ0) is 30.9. The lowest BCUT2D eigenvalue weighted by Gasteiger charge is -2.26. The molecule has 1 aliphatic heterocycles. The molecule has 1 fully saturated rings. The molecule has 1 heterocycles. The first-order valence-electron chi connectivity index (χ1n) is 13.9. The summed E-state index contributed by atoms with van der Waals surface area (Å²) in [6, 6.07) is 13.5. The number of ether oxygens (including phenoxy) is 4. The number of hydrogen-bond acceptors (Lipinski definition) is 7. The molecule has 0 saturated carbocycles. The van der Waals surface area contributed by atoms with Gasteiger partial charge in [-0.1, -0.05) is 42.8 Å². The van der Waals surface area contributed by atoms with Gasteiger partial charge in [-0.15, -0.1) is 0 Å². The summed E-state index contributed by atoms with van der Waals surface area (Å²) in [5.41, 5.74) is 1.02. The molecule has 0 unspecified atom stereocenters. The van der Waals surface area contributed by atoms with Crippen LogP contribution in [0, 0.1) is 5.82 Å². The molecule has 0 atom stereocenters. The van der Waals surface area contributed by atoms with Crippen molar-refractivity contribution in [2.45, 2.75) is 40.3 Å². The Balaban J connectivity index is 1.59. The average molecular weight is 611 g/mol. The molecule has 1 N–H and O–H groups in total. The summed E-state index contributed by atoms with van der Waals surface area (Å²) < 4.78 is 37.0. The summed E-state index contributed by atoms with van der Waals surface area (Å²) in [5, 5.41) is 2.34. The first-order valence-corrected chi connectivity index (χ1v) is 14.2. The zero-order valence-corrected chi connectivity index (χ0v) is 24.8. The maximum absolute atomic E-state index is 14.1. The first kappa shape index (κ1) is 31.4. The van der Waals surface area contributed by atoms with Crippen molar-refractivity contribution in [3.05, 3.63) is 87.7 Å². The van der Waals surface area contributed by atoms with Crippen LogP contribution in [0.15, 0.2) is 60.2 Å². The molecule has 226 valence electrons. The number of benzene rings is 3. The van der Waals surface area contributed by atoms with Gasteiger partial charge in [-0.05, 0) is 67.8 Å². The molecule has 11 heteroatoms. The van der Waals surface area contributed by atoms with E-state index < -0.39 is 23.7 Å². The van der Waals surface area contributed by atoms with Gasteiger partial charge in [0.05, 0.1) is 31.4 Å². The van der Waals surface area contributed by atoms with Crippen LogP contribution in [0.25, 0.3) is 6.08 Å². The molecule has 4 rings (SSSR count). The zero-order valence-electron chi connectivity index (χ0n) is 24.1. The van der Waals surface area contributed by atoms with Crippen molar-refractivity contribution >= 4 is 35.5 Å². The monoisotopic (exact) mass is 610 g/mol. The van der Waals surface area contributed by atoms with Gasteiger partial charge < -0.3 is 18.9 Å². The van der Waals surface area contributed by atoms with Crippen LogP contribution in [-0.4, -0.2) is 42.6 Å². The van der Waals surface area contributed by atoms with E-state index in [1.165, 1.54) is 18.2 Å². The Labute approximate surface area is 254 Å². The maximum Gasteiger partial charge on any atom is 0.331 e. The molecule has 0 bridgehead atoms. The Morgan fingerprint density at radius 2 is 1.63 bits per heavy atom. The minimum atomic E-state index is -0.849. The number of nitrogens with zero attached hydrogens (tertiary/aromatic N) is 1. The second-order valence-electron chi connectivity index (χ2n) is 9.41. The predicted octanol–water partition coefficient (Wildman–Crippen LogP) is 6.31. The van der Waals surface area contributed by atoms with Gasteiger partial charge in [0.15, 0.2) is 23.0 Å². The third-order valence-electron chi connectivity index (χ3n) is 6.27. The fourth-order valence-electron chi connectivity index (χ4n) is 4.28. The van der Waals surface area contributed by atoms with E-state index >= 15 is 0 Å². The molecule has 4 amide bonds. The number of halogens is 2. The third-order valence-corrected chi connectivity index (χ3v) is 6.55. The molecule has 0 aromatic heterocycles. The van der Waals surface area contributed by atoms with Gasteiger partial charge in [0.1, 0.15) is 18.0 Å². The molecular weight excluding hydrogens is 579 g/mol. The molecule has 0 aliphatic carbocycles. The number of nitrogens with one attached hydrogen (secondary N) is 1. The first-order chi connectivity index (χ1) is 20.7. The molecular formula is C32H32ClFN2O7. The van der Waals surface area contributed by atoms with Gasteiger partial charge in [0.2, 0.25) is 0 Å². The number of urea groups is 1. The lowest BCUT2D eigenvalue weighted by molar-refractivity contribution is -0.130. The van der Waals surface area contributed by atoms with E-state index in [0.717, 1.165) is 11.3 Å². The summed E-state index contributed by atoms with van der Waals surface area (Å²) >= 11 is 6.51. The molecule has 43 heavy (non-hydrogen) atoms. The van der Waals surface area contributed by atoms with E-state index in [4.69, 9.17) is 30.5 Å². The van der Waals surface area contributed by atoms with Gasteiger partial charge >= 0.3 is 6.03 Å². The van der Waals surface area contributed by atoms with Crippen LogP contribution in [0.2, 0.25) is 5.02 Å². The van der Waals surface area contributed by atoms with Gasteiger partial charge in [0, 0.05) is 5.56 Å². The van der Waals surface area contributed by atoms with Crippen molar-refractivity contribution in [3.63, 3.8) is 0 Å². The fraction of sp³-hybridized carbons (Fsp3) is 0.281. The molecule has 1 aliphatic rings. The van der Waals surface area contributed by atoms with Crippen LogP contribution in [-0.2, 0) is 22.7 Å². The minimum absolute atomic E-state index is 0.0956. The highest BCUT2D eigenvalue weighted by molar-refractivity contribution is 6.33. The smallest absolute Gasteiger partial charge is 0.331 e. The standard InChI is InChI=1S/C32H32ClFN2O7/c1-4-13-42-26-12-11-20(16-27(26)40-5-2)18-36-31(38)23(30(37)35-32(36)39)14-21-15-24(33)29(28(17-21)41-6-3)43-19-22-9-7-8-10-25(22)34/h7-12,14-17H,4-6,13,18-19H2,1-3H3,(H,35,37,39)/b23-14+. The summed E-state index contributed by atoms with van der Waals surface area (Å²) in [5.74, 6) is -0.592. The van der Waals surface area contributed by atoms with E-state index in [2.05, 4.69) is 5.32 Å². The largest absolute Gasteiger partial charge is 0.490 e. The summed E-state index contributed by atoms with van der Waals surface area (Å²) in [7, 11) is 0.